The van der Waals surface area contributed by atoms with E-state index in [9.17, 15) is 4.79 Å². The SMILES string of the molecule is CCC(C)Sc1ccc(NC(=O)CCCc2nc(-c3ccc(OC)cc3)no2)c(C)c1. The fourth-order valence-electron chi connectivity index (χ4n) is 2.99. The van der Waals surface area contributed by atoms with Crippen molar-refractivity contribution in [3.05, 3.63) is 53.9 Å². The Labute approximate surface area is 187 Å². The minimum absolute atomic E-state index is 0.0136. The van der Waals surface area contributed by atoms with Crippen LogP contribution in [0.2, 0.25) is 0 Å². The second-order valence-corrected chi connectivity index (χ2v) is 8.97. The van der Waals surface area contributed by atoms with Crippen molar-refractivity contribution in [1.82, 2.24) is 10.1 Å². The molecule has 0 saturated carbocycles. The number of nitrogens with zero attached hydrogens (tertiary/aromatic N) is 2. The van der Waals surface area contributed by atoms with E-state index < -0.39 is 0 Å². The number of thioether (sulfide) groups is 1. The Kier molecular flexibility index (Phi) is 8.12. The van der Waals surface area contributed by atoms with E-state index in [4.69, 9.17) is 9.26 Å². The van der Waals surface area contributed by atoms with Gasteiger partial charge in [0.2, 0.25) is 17.6 Å². The van der Waals surface area contributed by atoms with Gasteiger partial charge in [0.1, 0.15) is 5.75 Å². The van der Waals surface area contributed by atoms with Crippen molar-refractivity contribution in [2.24, 2.45) is 0 Å². The van der Waals surface area contributed by atoms with Crippen LogP contribution in [-0.4, -0.2) is 28.4 Å². The number of methoxy groups -OCH3 is 1. The predicted molar refractivity (Wildman–Crippen MR) is 125 cm³/mol. The van der Waals surface area contributed by atoms with Crippen molar-refractivity contribution >= 4 is 23.4 Å². The largest absolute Gasteiger partial charge is 0.497 e. The molecule has 1 atom stereocenters. The third-order valence-electron chi connectivity index (χ3n) is 4.99. The van der Waals surface area contributed by atoms with E-state index in [0.717, 1.165) is 29.0 Å². The monoisotopic (exact) mass is 439 g/mol. The van der Waals surface area contributed by atoms with Crippen LogP contribution in [0.4, 0.5) is 5.69 Å². The number of anilines is 1. The van der Waals surface area contributed by atoms with Gasteiger partial charge in [-0.25, -0.2) is 0 Å². The van der Waals surface area contributed by atoms with Gasteiger partial charge in [0, 0.05) is 34.2 Å². The minimum Gasteiger partial charge on any atom is -0.497 e. The number of aromatic nitrogens is 2. The van der Waals surface area contributed by atoms with Crippen molar-refractivity contribution in [3.63, 3.8) is 0 Å². The van der Waals surface area contributed by atoms with Crippen LogP contribution in [0.5, 0.6) is 5.75 Å². The van der Waals surface area contributed by atoms with Crippen LogP contribution in [-0.2, 0) is 11.2 Å². The molecule has 0 bridgehead atoms. The van der Waals surface area contributed by atoms with Crippen molar-refractivity contribution in [1.29, 1.82) is 0 Å². The maximum Gasteiger partial charge on any atom is 0.226 e. The quantitative estimate of drug-likeness (QED) is 0.396. The molecule has 1 N–H and O–H groups in total. The van der Waals surface area contributed by atoms with Crippen LogP contribution in [0.3, 0.4) is 0 Å². The van der Waals surface area contributed by atoms with Gasteiger partial charge in [0.05, 0.1) is 7.11 Å². The molecular weight excluding hydrogens is 410 g/mol. The van der Waals surface area contributed by atoms with Gasteiger partial charge in [-0.15, -0.1) is 11.8 Å². The topological polar surface area (TPSA) is 77.2 Å². The summed E-state index contributed by atoms with van der Waals surface area (Å²) < 4.78 is 10.5. The van der Waals surface area contributed by atoms with E-state index in [0.29, 0.717) is 36.2 Å². The van der Waals surface area contributed by atoms with E-state index in [1.54, 1.807) is 7.11 Å². The van der Waals surface area contributed by atoms with E-state index in [1.807, 2.05) is 49.0 Å². The van der Waals surface area contributed by atoms with E-state index in [1.165, 1.54) is 4.90 Å². The summed E-state index contributed by atoms with van der Waals surface area (Å²) in [4.78, 5) is 18.0. The molecule has 1 aromatic heterocycles. The Morgan fingerprint density at radius 2 is 2.00 bits per heavy atom. The fourth-order valence-corrected chi connectivity index (χ4v) is 4.01. The minimum atomic E-state index is -0.0136. The van der Waals surface area contributed by atoms with Crippen molar-refractivity contribution in [3.8, 4) is 17.1 Å². The Morgan fingerprint density at radius 3 is 2.68 bits per heavy atom. The Bertz CT molecular complexity index is 1000. The molecule has 2 aromatic carbocycles. The summed E-state index contributed by atoms with van der Waals surface area (Å²) in [6, 6.07) is 13.7. The molecular formula is C24H29N3O3S. The third kappa shape index (κ3) is 6.59. The number of nitrogens with one attached hydrogen (secondary N) is 1. The maximum absolute atomic E-state index is 12.4. The first-order chi connectivity index (χ1) is 15.0. The summed E-state index contributed by atoms with van der Waals surface area (Å²) in [6.45, 7) is 6.43. The first kappa shape index (κ1) is 22.9. The molecule has 0 aliphatic rings. The zero-order chi connectivity index (χ0) is 22.2. The number of carbonyl (C=O) groups excluding carboxylic acids is 1. The average Bonchev–Trinajstić information content (AvgIpc) is 3.24. The maximum atomic E-state index is 12.4. The molecule has 0 aliphatic carbocycles. The van der Waals surface area contributed by atoms with Crippen molar-refractivity contribution in [2.45, 2.75) is 56.6 Å². The lowest BCUT2D eigenvalue weighted by Crippen LogP contribution is -2.12. The highest BCUT2D eigenvalue weighted by molar-refractivity contribution is 7.99. The Balaban J connectivity index is 1.47. The van der Waals surface area contributed by atoms with E-state index >= 15 is 0 Å². The van der Waals surface area contributed by atoms with Crippen LogP contribution < -0.4 is 10.1 Å². The lowest BCUT2D eigenvalue weighted by molar-refractivity contribution is -0.116. The number of aryl methyl sites for hydroxylation is 2. The van der Waals surface area contributed by atoms with Gasteiger partial charge < -0.3 is 14.6 Å². The molecule has 0 radical (unpaired) electrons. The lowest BCUT2D eigenvalue weighted by Gasteiger charge is -2.12. The molecule has 0 fully saturated rings. The molecule has 0 saturated heterocycles. The second-order valence-electron chi connectivity index (χ2n) is 7.46. The predicted octanol–water partition coefficient (Wildman–Crippen LogP) is 5.91. The zero-order valence-corrected chi connectivity index (χ0v) is 19.3. The Morgan fingerprint density at radius 1 is 1.23 bits per heavy atom. The van der Waals surface area contributed by atoms with Gasteiger partial charge in [-0.05, 0) is 67.8 Å². The normalized spacial score (nSPS) is 11.9. The zero-order valence-electron chi connectivity index (χ0n) is 18.5. The molecule has 1 heterocycles. The fraction of sp³-hybridized carbons (Fsp3) is 0.375. The van der Waals surface area contributed by atoms with Crippen LogP contribution in [0, 0.1) is 6.92 Å². The number of benzene rings is 2. The summed E-state index contributed by atoms with van der Waals surface area (Å²) in [5, 5.41) is 7.61. The summed E-state index contributed by atoms with van der Waals surface area (Å²) in [6.07, 6.45) is 2.71. The standard InChI is InChI=1S/C24H29N3O3S/c1-5-17(3)31-20-13-14-21(16(2)15-20)25-22(28)7-6-8-23-26-24(27-30-23)18-9-11-19(29-4)12-10-18/h9-15,17H,5-8H2,1-4H3,(H,25,28). The van der Waals surface area contributed by atoms with Gasteiger partial charge in [-0.2, -0.15) is 4.98 Å². The van der Waals surface area contributed by atoms with Crippen LogP contribution >= 0.6 is 11.8 Å². The van der Waals surface area contributed by atoms with Crippen molar-refractivity contribution in [2.75, 3.05) is 12.4 Å². The number of rotatable bonds is 10. The number of carbonyl (C=O) groups is 1. The van der Waals surface area contributed by atoms with Crippen LogP contribution in [0.25, 0.3) is 11.4 Å². The molecule has 164 valence electrons. The smallest absolute Gasteiger partial charge is 0.226 e. The highest BCUT2D eigenvalue weighted by Crippen LogP contribution is 2.28. The molecule has 1 unspecified atom stereocenters. The molecule has 0 aliphatic heterocycles. The molecule has 3 rings (SSSR count). The summed E-state index contributed by atoms with van der Waals surface area (Å²) in [7, 11) is 1.63. The molecule has 6 nitrogen and oxygen atoms in total. The summed E-state index contributed by atoms with van der Waals surface area (Å²) in [5.41, 5.74) is 2.79. The van der Waals surface area contributed by atoms with Gasteiger partial charge in [-0.1, -0.05) is 19.0 Å². The van der Waals surface area contributed by atoms with Gasteiger partial charge >= 0.3 is 0 Å². The molecule has 7 heteroatoms. The van der Waals surface area contributed by atoms with E-state index in [2.05, 4.69) is 41.4 Å². The van der Waals surface area contributed by atoms with Gasteiger partial charge in [-0.3, -0.25) is 4.79 Å². The van der Waals surface area contributed by atoms with E-state index in [-0.39, 0.29) is 5.91 Å². The average molecular weight is 440 g/mol. The second kappa shape index (κ2) is 11.0. The summed E-state index contributed by atoms with van der Waals surface area (Å²) in [5.74, 6) is 1.83. The summed E-state index contributed by atoms with van der Waals surface area (Å²) >= 11 is 1.86. The first-order valence-corrected chi connectivity index (χ1v) is 11.4. The molecule has 3 aromatic rings. The highest BCUT2D eigenvalue weighted by Gasteiger charge is 2.11. The number of hydrogen-bond donors (Lipinski definition) is 1. The van der Waals surface area contributed by atoms with Gasteiger partial charge in [0.15, 0.2) is 0 Å². The number of ether oxygens (including phenoxy) is 1. The van der Waals surface area contributed by atoms with Crippen LogP contribution in [0.15, 0.2) is 51.9 Å². The highest BCUT2D eigenvalue weighted by atomic mass is 32.2. The number of hydrogen-bond acceptors (Lipinski definition) is 6. The first-order valence-electron chi connectivity index (χ1n) is 10.5. The van der Waals surface area contributed by atoms with Crippen molar-refractivity contribution < 1.29 is 14.1 Å². The number of amides is 1. The van der Waals surface area contributed by atoms with Crippen LogP contribution in [0.1, 0.15) is 44.6 Å². The molecule has 0 spiro atoms. The molecule has 1 amide bonds. The molecule has 31 heavy (non-hydrogen) atoms. The lowest BCUT2D eigenvalue weighted by atomic mass is 10.2. The third-order valence-corrected chi connectivity index (χ3v) is 6.26. The Hall–Kier alpha value is -2.80. The van der Waals surface area contributed by atoms with Gasteiger partial charge in [0.25, 0.3) is 0 Å².